The van der Waals surface area contributed by atoms with E-state index in [0.717, 1.165) is 49.3 Å². The molecular formula is C20H23F3N4O2S. The highest BCUT2D eigenvalue weighted by atomic mass is 32.2. The Morgan fingerprint density at radius 1 is 1.03 bits per heavy atom. The standard InChI is InChI=1S/C20H23F3N4O2S/c21-20(22,23)15-5-3-6-17(13-15)30(28,29)26-16-8-10-27(11-9-16)19-12-14-4-1-2-7-18(14)24-25-19/h3,5-6,12-13,16,26H,1-2,4,7-11H2. The van der Waals surface area contributed by atoms with E-state index in [-0.39, 0.29) is 10.9 Å². The van der Waals surface area contributed by atoms with E-state index >= 15 is 0 Å². The number of benzene rings is 1. The van der Waals surface area contributed by atoms with Crippen molar-refractivity contribution in [2.24, 2.45) is 0 Å². The molecule has 1 aromatic carbocycles. The fourth-order valence-corrected chi connectivity index (χ4v) is 5.34. The minimum atomic E-state index is -4.59. The van der Waals surface area contributed by atoms with Crippen LogP contribution < -0.4 is 9.62 Å². The van der Waals surface area contributed by atoms with Crippen molar-refractivity contribution in [1.29, 1.82) is 0 Å². The zero-order valence-electron chi connectivity index (χ0n) is 16.3. The largest absolute Gasteiger partial charge is 0.416 e. The van der Waals surface area contributed by atoms with Crippen molar-refractivity contribution in [1.82, 2.24) is 14.9 Å². The SMILES string of the molecule is O=S(=O)(NC1CCN(c2cc3c(nn2)CCCC3)CC1)c1cccc(C(F)(F)F)c1. The summed E-state index contributed by atoms with van der Waals surface area (Å²) >= 11 is 0. The molecule has 1 saturated heterocycles. The van der Waals surface area contributed by atoms with E-state index in [1.807, 2.05) is 0 Å². The number of piperidine rings is 1. The first-order chi connectivity index (χ1) is 14.2. The number of hydrogen-bond donors (Lipinski definition) is 1. The number of anilines is 1. The van der Waals surface area contributed by atoms with Gasteiger partial charge in [0.2, 0.25) is 10.0 Å². The molecule has 4 rings (SSSR count). The number of nitrogens with zero attached hydrogens (tertiary/aromatic N) is 3. The Balaban J connectivity index is 1.40. The Labute approximate surface area is 173 Å². The number of fused-ring (bicyclic) bond motifs is 1. The molecule has 1 fully saturated rings. The summed E-state index contributed by atoms with van der Waals surface area (Å²) in [4.78, 5) is 1.71. The minimum absolute atomic E-state index is 0.341. The second-order valence-corrected chi connectivity index (χ2v) is 9.50. The van der Waals surface area contributed by atoms with E-state index in [1.165, 1.54) is 11.6 Å². The lowest BCUT2D eigenvalue weighted by Crippen LogP contribution is -2.45. The third kappa shape index (κ3) is 4.59. The van der Waals surface area contributed by atoms with E-state index in [4.69, 9.17) is 0 Å². The summed E-state index contributed by atoms with van der Waals surface area (Å²) in [7, 11) is -4.03. The number of sulfonamides is 1. The van der Waals surface area contributed by atoms with Gasteiger partial charge in [0.25, 0.3) is 0 Å². The maximum absolute atomic E-state index is 12.9. The molecule has 0 bridgehead atoms. The Hall–Kier alpha value is -2.20. The first kappa shape index (κ1) is 21.0. The number of nitrogens with one attached hydrogen (secondary N) is 1. The van der Waals surface area contributed by atoms with Gasteiger partial charge in [-0.15, -0.1) is 5.10 Å². The van der Waals surface area contributed by atoms with Crippen molar-refractivity contribution in [3.8, 4) is 0 Å². The van der Waals surface area contributed by atoms with Crippen LogP contribution in [-0.4, -0.2) is 37.7 Å². The molecule has 0 atom stereocenters. The highest BCUT2D eigenvalue weighted by Crippen LogP contribution is 2.31. The van der Waals surface area contributed by atoms with Gasteiger partial charge in [0.15, 0.2) is 5.82 Å². The molecule has 1 aromatic heterocycles. The maximum Gasteiger partial charge on any atom is 0.416 e. The molecular weight excluding hydrogens is 417 g/mol. The number of rotatable bonds is 4. The summed E-state index contributed by atoms with van der Waals surface area (Å²) in [6.45, 7) is 1.20. The quantitative estimate of drug-likeness (QED) is 0.790. The van der Waals surface area contributed by atoms with Gasteiger partial charge in [0.05, 0.1) is 16.2 Å². The van der Waals surface area contributed by atoms with Crippen LogP contribution in [-0.2, 0) is 29.0 Å². The van der Waals surface area contributed by atoms with Gasteiger partial charge in [-0.2, -0.15) is 18.3 Å². The molecule has 2 aromatic rings. The molecule has 0 saturated carbocycles. The van der Waals surface area contributed by atoms with Gasteiger partial charge in [-0.05, 0) is 68.4 Å². The number of aryl methyl sites for hydroxylation is 2. The molecule has 0 spiro atoms. The van der Waals surface area contributed by atoms with Gasteiger partial charge in [0, 0.05) is 19.1 Å². The van der Waals surface area contributed by atoms with Gasteiger partial charge in [-0.3, -0.25) is 0 Å². The van der Waals surface area contributed by atoms with Gasteiger partial charge < -0.3 is 4.90 Å². The molecule has 2 heterocycles. The number of aromatic nitrogens is 2. The van der Waals surface area contributed by atoms with Crippen molar-refractivity contribution < 1.29 is 21.6 Å². The molecule has 0 unspecified atom stereocenters. The Bertz CT molecular complexity index is 1020. The first-order valence-corrected chi connectivity index (χ1v) is 11.5. The van der Waals surface area contributed by atoms with Crippen LogP contribution in [0.15, 0.2) is 35.2 Å². The molecule has 10 heteroatoms. The monoisotopic (exact) mass is 440 g/mol. The van der Waals surface area contributed by atoms with Crippen LogP contribution in [0.1, 0.15) is 42.5 Å². The topological polar surface area (TPSA) is 75.2 Å². The van der Waals surface area contributed by atoms with Gasteiger partial charge in [-0.1, -0.05) is 6.07 Å². The maximum atomic E-state index is 12.9. The lowest BCUT2D eigenvalue weighted by atomic mass is 9.96. The number of halogens is 3. The second-order valence-electron chi connectivity index (χ2n) is 7.79. The van der Waals surface area contributed by atoms with Crippen LogP contribution in [0.3, 0.4) is 0 Å². The zero-order valence-corrected chi connectivity index (χ0v) is 17.1. The summed E-state index contributed by atoms with van der Waals surface area (Å²) in [5.41, 5.74) is 1.32. The van der Waals surface area contributed by atoms with Crippen LogP contribution in [0.2, 0.25) is 0 Å². The van der Waals surface area contributed by atoms with Crippen molar-refractivity contribution >= 4 is 15.8 Å². The van der Waals surface area contributed by atoms with E-state index in [9.17, 15) is 21.6 Å². The van der Waals surface area contributed by atoms with Gasteiger partial charge in [-0.25, -0.2) is 13.1 Å². The minimum Gasteiger partial charge on any atom is -0.355 e. The summed E-state index contributed by atoms with van der Waals surface area (Å²) in [6.07, 6.45) is 0.740. The highest BCUT2D eigenvalue weighted by molar-refractivity contribution is 7.89. The molecule has 6 nitrogen and oxygen atoms in total. The van der Waals surface area contributed by atoms with Crippen molar-refractivity contribution in [3.63, 3.8) is 0 Å². The van der Waals surface area contributed by atoms with Crippen LogP contribution in [0.4, 0.5) is 19.0 Å². The molecule has 30 heavy (non-hydrogen) atoms. The van der Waals surface area contributed by atoms with Crippen LogP contribution in [0, 0.1) is 0 Å². The highest BCUT2D eigenvalue weighted by Gasteiger charge is 2.32. The Morgan fingerprint density at radius 2 is 1.77 bits per heavy atom. The van der Waals surface area contributed by atoms with E-state index < -0.39 is 21.8 Å². The predicted molar refractivity (Wildman–Crippen MR) is 106 cm³/mol. The third-order valence-electron chi connectivity index (χ3n) is 5.67. The summed E-state index contributed by atoms with van der Waals surface area (Å²) < 4.78 is 66.4. The average Bonchev–Trinajstić information content (AvgIpc) is 2.73. The molecule has 2 aliphatic rings. The molecule has 1 aliphatic heterocycles. The smallest absolute Gasteiger partial charge is 0.355 e. The van der Waals surface area contributed by atoms with Crippen LogP contribution in [0.25, 0.3) is 0 Å². The van der Waals surface area contributed by atoms with Crippen LogP contribution >= 0.6 is 0 Å². The van der Waals surface area contributed by atoms with Crippen molar-refractivity contribution in [2.75, 3.05) is 18.0 Å². The third-order valence-corrected chi connectivity index (χ3v) is 7.19. The van der Waals surface area contributed by atoms with E-state index in [2.05, 4.69) is 25.9 Å². The Morgan fingerprint density at radius 3 is 2.50 bits per heavy atom. The fourth-order valence-electron chi connectivity index (χ4n) is 3.99. The number of hydrogen-bond acceptors (Lipinski definition) is 5. The average molecular weight is 440 g/mol. The Kier molecular flexibility index (Phi) is 5.71. The van der Waals surface area contributed by atoms with Crippen molar-refractivity contribution in [2.45, 2.75) is 55.6 Å². The molecule has 0 amide bonds. The fraction of sp³-hybridized carbons (Fsp3) is 0.500. The van der Waals surface area contributed by atoms with Gasteiger partial charge in [0.1, 0.15) is 0 Å². The second kappa shape index (κ2) is 8.14. The summed E-state index contributed by atoms with van der Waals surface area (Å²) in [6, 6.07) is 5.54. The molecule has 162 valence electrons. The van der Waals surface area contributed by atoms with Crippen molar-refractivity contribution in [3.05, 3.63) is 47.2 Å². The predicted octanol–water partition coefficient (Wildman–Crippen LogP) is 3.32. The van der Waals surface area contributed by atoms with E-state index in [0.29, 0.717) is 32.0 Å². The normalized spacial score (nSPS) is 18.3. The molecule has 1 N–H and O–H groups in total. The first-order valence-electron chi connectivity index (χ1n) is 10.0. The van der Waals surface area contributed by atoms with E-state index in [1.54, 1.807) is 0 Å². The zero-order chi connectivity index (χ0) is 21.4. The van der Waals surface area contributed by atoms with Crippen LogP contribution in [0.5, 0.6) is 0 Å². The van der Waals surface area contributed by atoms with Gasteiger partial charge >= 0.3 is 6.18 Å². The molecule has 1 aliphatic carbocycles. The molecule has 0 radical (unpaired) electrons. The summed E-state index contributed by atoms with van der Waals surface area (Å²) in [5.74, 6) is 0.801. The lowest BCUT2D eigenvalue weighted by molar-refractivity contribution is -0.137. The lowest BCUT2D eigenvalue weighted by Gasteiger charge is -2.33. The number of alkyl halides is 3. The summed E-state index contributed by atoms with van der Waals surface area (Å²) in [5, 5.41) is 8.67.